The lowest BCUT2D eigenvalue weighted by Crippen LogP contribution is -2.11. The molecule has 0 aliphatic heterocycles. The summed E-state index contributed by atoms with van der Waals surface area (Å²) in [6, 6.07) is 6.02. The molecule has 0 radical (unpaired) electrons. The number of nitrogens with one attached hydrogen (secondary N) is 2. The first kappa shape index (κ1) is 12.9. The van der Waals surface area contributed by atoms with Gasteiger partial charge in [-0.2, -0.15) is 0 Å². The molecule has 0 atom stereocenters. The van der Waals surface area contributed by atoms with Crippen molar-refractivity contribution in [2.75, 3.05) is 11.9 Å². The second-order valence-corrected chi connectivity index (χ2v) is 4.25. The Hall–Kier alpha value is -1.59. The van der Waals surface area contributed by atoms with E-state index in [4.69, 9.17) is 16.0 Å². The van der Waals surface area contributed by atoms with Crippen LogP contribution in [0.3, 0.4) is 0 Å². The van der Waals surface area contributed by atoms with Crippen molar-refractivity contribution >= 4 is 23.3 Å². The molecule has 2 aromatic rings. The van der Waals surface area contributed by atoms with Crippen molar-refractivity contribution in [1.82, 2.24) is 15.5 Å². The molecule has 5 nitrogen and oxygen atoms in total. The van der Waals surface area contributed by atoms with Crippen LogP contribution in [-0.2, 0) is 6.54 Å². The average molecular weight is 267 g/mol. The summed E-state index contributed by atoms with van der Waals surface area (Å²) in [6.45, 7) is 5.40. The van der Waals surface area contributed by atoms with E-state index in [9.17, 15) is 0 Å². The Morgan fingerprint density at radius 1 is 1.33 bits per heavy atom. The van der Waals surface area contributed by atoms with Gasteiger partial charge in [0.2, 0.25) is 5.89 Å². The molecule has 0 fully saturated rings. The van der Waals surface area contributed by atoms with Gasteiger partial charge in [-0.05, 0) is 25.1 Å². The van der Waals surface area contributed by atoms with E-state index in [1.807, 2.05) is 32.0 Å². The van der Waals surface area contributed by atoms with Gasteiger partial charge < -0.3 is 15.1 Å². The van der Waals surface area contributed by atoms with Crippen molar-refractivity contribution in [2.24, 2.45) is 0 Å². The van der Waals surface area contributed by atoms with E-state index in [2.05, 4.69) is 20.8 Å². The molecular formula is C12H15ClN4O. The molecule has 0 bridgehead atoms. The Labute approximate surface area is 111 Å². The highest BCUT2D eigenvalue weighted by Crippen LogP contribution is 2.27. The van der Waals surface area contributed by atoms with Crippen LogP contribution >= 0.6 is 11.6 Å². The molecule has 2 N–H and O–H groups in total. The maximum absolute atomic E-state index is 6.11. The molecule has 96 valence electrons. The zero-order chi connectivity index (χ0) is 13.0. The maximum atomic E-state index is 6.11. The lowest BCUT2D eigenvalue weighted by Gasteiger charge is -2.07. The second kappa shape index (κ2) is 5.84. The minimum absolute atomic E-state index is 0.346. The fourth-order valence-corrected chi connectivity index (χ4v) is 1.77. The van der Waals surface area contributed by atoms with Crippen LogP contribution in [0.1, 0.15) is 18.4 Å². The molecule has 0 amide bonds. The fraction of sp³-hybridized carbons (Fsp3) is 0.333. The third kappa shape index (κ3) is 3.00. The van der Waals surface area contributed by atoms with Crippen molar-refractivity contribution in [3.63, 3.8) is 0 Å². The van der Waals surface area contributed by atoms with E-state index in [0.29, 0.717) is 23.5 Å². The van der Waals surface area contributed by atoms with Crippen molar-refractivity contribution in [2.45, 2.75) is 20.4 Å². The monoisotopic (exact) mass is 266 g/mol. The smallest absolute Gasteiger partial charge is 0.320 e. The molecule has 0 spiro atoms. The molecule has 1 aromatic carbocycles. The van der Waals surface area contributed by atoms with Crippen LogP contribution < -0.4 is 10.6 Å². The van der Waals surface area contributed by atoms with Crippen LogP contribution in [0.5, 0.6) is 0 Å². The van der Waals surface area contributed by atoms with Crippen molar-refractivity contribution in [3.05, 3.63) is 34.7 Å². The zero-order valence-electron chi connectivity index (χ0n) is 10.3. The van der Waals surface area contributed by atoms with Gasteiger partial charge in [-0.15, -0.1) is 5.10 Å². The number of nitrogens with zero attached hydrogens (tertiary/aromatic N) is 2. The highest BCUT2D eigenvalue weighted by molar-refractivity contribution is 6.33. The number of halogens is 1. The summed E-state index contributed by atoms with van der Waals surface area (Å²) in [5.74, 6) is 0.545. The summed E-state index contributed by atoms with van der Waals surface area (Å²) in [7, 11) is 0. The van der Waals surface area contributed by atoms with Crippen LogP contribution in [0.2, 0.25) is 5.02 Å². The topological polar surface area (TPSA) is 63.0 Å². The predicted molar refractivity (Wildman–Crippen MR) is 71.2 cm³/mol. The van der Waals surface area contributed by atoms with Gasteiger partial charge >= 0.3 is 6.01 Å². The molecular weight excluding hydrogens is 252 g/mol. The Kier molecular flexibility index (Phi) is 4.17. The van der Waals surface area contributed by atoms with E-state index in [1.54, 1.807) is 0 Å². The first-order valence-corrected chi connectivity index (χ1v) is 6.13. The largest absolute Gasteiger partial charge is 0.406 e. The first-order chi connectivity index (χ1) is 8.70. The fourth-order valence-electron chi connectivity index (χ4n) is 1.50. The van der Waals surface area contributed by atoms with Gasteiger partial charge in [-0.1, -0.05) is 35.8 Å². The third-order valence-electron chi connectivity index (χ3n) is 2.45. The van der Waals surface area contributed by atoms with Gasteiger partial charge in [0.05, 0.1) is 17.3 Å². The lowest BCUT2D eigenvalue weighted by molar-refractivity contribution is 0.484. The number of benzene rings is 1. The second-order valence-electron chi connectivity index (χ2n) is 3.84. The van der Waals surface area contributed by atoms with Gasteiger partial charge in [0, 0.05) is 0 Å². The van der Waals surface area contributed by atoms with Gasteiger partial charge in [0.25, 0.3) is 0 Å². The summed E-state index contributed by atoms with van der Waals surface area (Å²) >= 11 is 6.11. The highest BCUT2D eigenvalue weighted by Gasteiger charge is 2.09. The number of hydrogen-bond donors (Lipinski definition) is 2. The van der Waals surface area contributed by atoms with Crippen LogP contribution in [0.4, 0.5) is 11.7 Å². The predicted octanol–water partition coefficient (Wildman–Crippen LogP) is 2.88. The summed E-state index contributed by atoms with van der Waals surface area (Å²) in [5, 5.41) is 14.6. The van der Waals surface area contributed by atoms with Crippen LogP contribution in [0.15, 0.2) is 22.6 Å². The van der Waals surface area contributed by atoms with Crippen molar-refractivity contribution in [3.8, 4) is 0 Å². The third-order valence-corrected chi connectivity index (χ3v) is 2.76. The van der Waals surface area contributed by atoms with Crippen LogP contribution in [-0.4, -0.2) is 16.7 Å². The van der Waals surface area contributed by atoms with E-state index in [-0.39, 0.29) is 0 Å². The number of rotatable bonds is 5. The molecule has 0 saturated heterocycles. The summed E-state index contributed by atoms with van der Waals surface area (Å²) in [6.07, 6.45) is 0. The average Bonchev–Trinajstić information content (AvgIpc) is 2.79. The Morgan fingerprint density at radius 2 is 2.17 bits per heavy atom. The Balaban J connectivity index is 2.11. The van der Waals surface area contributed by atoms with E-state index in [1.165, 1.54) is 0 Å². The van der Waals surface area contributed by atoms with E-state index >= 15 is 0 Å². The van der Waals surface area contributed by atoms with E-state index in [0.717, 1.165) is 17.8 Å². The molecule has 1 aromatic heterocycles. The number of aromatic nitrogens is 2. The first-order valence-electron chi connectivity index (χ1n) is 5.76. The van der Waals surface area contributed by atoms with Gasteiger partial charge in [-0.25, -0.2) is 0 Å². The number of aryl methyl sites for hydroxylation is 1. The Morgan fingerprint density at radius 3 is 2.89 bits per heavy atom. The van der Waals surface area contributed by atoms with Crippen molar-refractivity contribution < 1.29 is 4.42 Å². The molecule has 0 aliphatic rings. The molecule has 1 heterocycles. The molecule has 18 heavy (non-hydrogen) atoms. The minimum Gasteiger partial charge on any atom is -0.406 e. The quantitative estimate of drug-likeness (QED) is 0.871. The summed E-state index contributed by atoms with van der Waals surface area (Å²) in [5.41, 5.74) is 1.81. The number of para-hydroxylation sites is 1. The SMILES string of the molecule is CCNCc1nnc(Nc2c(C)cccc2Cl)o1. The molecule has 6 heteroatoms. The van der Waals surface area contributed by atoms with Crippen LogP contribution in [0, 0.1) is 6.92 Å². The van der Waals surface area contributed by atoms with E-state index < -0.39 is 0 Å². The van der Waals surface area contributed by atoms with Crippen molar-refractivity contribution in [1.29, 1.82) is 0 Å². The number of anilines is 2. The van der Waals surface area contributed by atoms with Gasteiger partial charge in [-0.3, -0.25) is 0 Å². The summed E-state index contributed by atoms with van der Waals surface area (Å²) < 4.78 is 5.45. The molecule has 2 rings (SSSR count). The standard InChI is InChI=1S/C12H15ClN4O/c1-3-14-7-10-16-17-12(18-10)15-11-8(2)5-4-6-9(11)13/h4-6,14H,3,7H2,1-2H3,(H,15,17). The maximum Gasteiger partial charge on any atom is 0.320 e. The van der Waals surface area contributed by atoms with Gasteiger partial charge in [0.15, 0.2) is 0 Å². The van der Waals surface area contributed by atoms with Gasteiger partial charge in [0.1, 0.15) is 0 Å². The van der Waals surface area contributed by atoms with Crippen LogP contribution in [0.25, 0.3) is 0 Å². The number of hydrogen-bond acceptors (Lipinski definition) is 5. The zero-order valence-corrected chi connectivity index (χ0v) is 11.1. The molecule has 0 saturated carbocycles. The Bertz CT molecular complexity index is 506. The lowest BCUT2D eigenvalue weighted by atomic mass is 10.2. The highest BCUT2D eigenvalue weighted by atomic mass is 35.5. The summed E-state index contributed by atoms with van der Waals surface area (Å²) in [4.78, 5) is 0. The molecule has 0 aliphatic carbocycles. The molecule has 0 unspecified atom stereocenters. The normalized spacial score (nSPS) is 10.6. The minimum atomic E-state index is 0.346.